The van der Waals surface area contributed by atoms with E-state index < -0.39 is 0 Å². The molecule has 182 valence electrons. The Kier molecular flexibility index (Phi) is 8.09. The second-order valence-corrected chi connectivity index (χ2v) is 9.20. The molecular weight excluding hydrogens is 460 g/mol. The summed E-state index contributed by atoms with van der Waals surface area (Å²) in [5, 5.41) is 1.31. The zero-order valence-electron chi connectivity index (χ0n) is 20.5. The molecule has 6 heteroatoms. The van der Waals surface area contributed by atoms with E-state index in [4.69, 9.17) is 26.1 Å². The molecule has 1 heterocycles. The predicted octanol–water partition coefficient (Wildman–Crippen LogP) is 6.98. The molecule has 3 aromatic carbocycles. The van der Waals surface area contributed by atoms with E-state index in [1.807, 2.05) is 68.4 Å². The standard InChI is InChI=1S/C29H31ClN2O3/c1-20-18-21(2)27(25(30)19-20)35-17-9-5-4-8-16-32-28(22-12-14-23(34-3)15-13-22)31-26-11-7-6-10-24(26)29(32)33/h6-7,10-15,18-19H,4-5,8-9,16-17H2,1-3H3. The van der Waals surface area contributed by atoms with Gasteiger partial charge in [-0.2, -0.15) is 0 Å². The van der Waals surface area contributed by atoms with Gasteiger partial charge < -0.3 is 9.47 Å². The van der Waals surface area contributed by atoms with Crippen molar-refractivity contribution in [1.29, 1.82) is 0 Å². The summed E-state index contributed by atoms with van der Waals surface area (Å²) in [4.78, 5) is 18.2. The third kappa shape index (κ3) is 5.85. The van der Waals surface area contributed by atoms with E-state index in [9.17, 15) is 4.79 Å². The number of benzene rings is 3. The summed E-state index contributed by atoms with van der Waals surface area (Å²) < 4.78 is 13.0. The van der Waals surface area contributed by atoms with Crippen molar-refractivity contribution >= 4 is 22.5 Å². The molecule has 0 aliphatic rings. The van der Waals surface area contributed by atoms with Gasteiger partial charge in [-0.25, -0.2) is 4.98 Å². The number of halogens is 1. The Bertz CT molecular complexity index is 1340. The second-order valence-electron chi connectivity index (χ2n) is 8.79. The molecule has 0 aliphatic heterocycles. The monoisotopic (exact) mass is 490 g/mol. The quantitative estimate of drug-likeness (QED) is 0.225. The number of fused-ring (bicyclic) bond motifs is 1. The van der Waals surface area contributed by atoms with Crippen molar-refractivity contribution in [1.82, 2.24) is 9.55 Å². The fourth-order valence-corrected chi connectivity index (χ4v) is 4.70. The number of unbranched alkanes of at least 4 members (excludes halogenated alkanes) is 3. The van der Waals surface area contributed by atoms with Gasteiger partial charge in [0.05, 0.1) is 29.6 Å². The topological polar surface area (TPSA) is 53.3 Å². The molecule has 0 aliphatic carbocycles. The number of aryl methyl sites for hydroxylation is 2. The van der Waals surface area contributed by atoms with Crippen molar-refractivity contribution in [2.45, 2.75) is 46.1 Å². The number of aromatic nitrogens is 2. The Balaban J connectivity index is 1.40. The lowest BCUT2D eigenvalue weighted by Crippen LogP contribution is -2.23. The zero-order chi connectivity index (χ0) is 24.8. The first-order valence-electron chi connectivity index (χ1n) is 12.0. The Labute approximate surface area is 211 Å². The molecule has 1 aromatic heterocycles. The number of methoxy groups -OCH3 is 1. The van der Waals surface area contributed by atoms with Gasteiger partial charge in [0.15, 0.2) is 0 Å². The molecule has 0 amide bonds. The average molecular weight is 491 g/mol. The average Bonchev–Trinajstić information content (AvgIpc) is 2.85. The number of ether oxygens (including phenoxy) is 2. The summed E-state index contributed by atoms with van der Waals surface area (Å²) >= 11 is 6.33. The Morgan fingerprint density at radius 3 is 2.43 bits per heavy atom. The molecule has 0 atom stereocenters. The fraction of sp³-hybridized carbons (Fsp3) is 0.310. The van der Waals surface area contributed by atoms with Gasteiger partial charge in [0.1, 0.15) is 17.3 Å². The smallest absolute Gasteiger partial charge is 0.261 e. The minimum absolute atomic E-state index is 0.00533. The molecule has 4 aromatic rings. The van der Waals surface area contributed by atoms with Crippen LogP contribution in [0.5, 0.6) is 11.5 Å². The molecule has 0 saturated heterocycles. The largest absolute Gasteiger partial charge is 0.497 e. The van der Waals surface area contributed by atoms with Crippen LogP contribution in [-0.4, -0.2) is 23.3 Å². The zero-order valence-corrected chi connectivity index (χ0v) is 21.3. The minimum atomic E-state index is -0.00533. The Morgan fingerprint density at radius 2 is 1.69 bits per heavy atom. The molecule has 0 radical (unpaired) electrons. The van der Waals surface area contributed by atoms with Crippen molar-refractivity contribution in [3.05, 3.63) is 87.2 Å². The molecule has 0 spiro atoms. The molecule has 0 saturated carbocycles. The predicted molar refractivity (Wildman–Crippen MR) is 143 cm³/mol. The Hall–Kier alpha value is -3.31. The highest BCUT2D eigenvalue weighted by molar-refractivity contribution is 6.32. The summed E-state index contributed by atoms with van der Waals surface area (Å²) in [6.45, 7) is 5.28. The summed E-state index contributed by atoms with van der Waals surface area (Å²) in [7, 11) is 1.64. The van der Waals surface area contributed by atoms with Crippen LogP contribution in [0.15, 0.2) is 65.5 Å². The lowest BCUT2D eigenvalue weighted by Gasteiger charge is -2.14. The highest BCUT2D eigenvalue weighted by atomic mass is 35.5. The van der Waals surface area contributed by atoms with Crippen molar-refractivity contribution in [2.75, 3.05) is 13.7 Å². The highest BCUT2D eigenvalue weighted by Gasteiger charge is 2.13. The van der Waals surface area contributed by atoms with Crippen LogP contribution >= 0.6 is 11.6 Å². The van der Waals surface area contributed by atoms with E-state index in [2.05, 4.69) is 6.07 Å². The number of para-hydroxylation sites is 1. The van der Waals surface area contributed by atoms with Gasteiger partial charge in [0, 0.05) is 12.1 Å². The third-order valence-corrected chi connectivity index (χ3v) is 6.39. The molecule has 4 rings (SSSR count). The van der Waals surface area contributed by atoms with Crippen molar-refractivity contribution in [3.63, 3.8) is 0 Å². The van der Waals surface area contributed by atoms with Gasteiger partial charge in [-0.1, -0.05) is 42.6 Å². The maximum atomic E-state index is 13.3. The Morgan fingerprint density at radius 1 is 0.943 bits per heavy atom. The van der Waals surface area contributed by atoms with Crippen LogP contribution in [0.1, 0.15) is 36.8 Å². The molecule has 0 fully saturated rings. The highest BCUT2D eigenvalue weighted by Crippen LogP contribution is 2.30. The van der Waals surface area contributed by atoms with Gasteiger partial charge >= 0.3 is 0 Å². The fourth-order valence-electron chi connectivity index (χ4n) is 4.32. The summed E-state index contributed by atoms with van der Waals surface area (Å²) in [5.74, 6) is 2.23. The molecule has 0 N–H and O–H groups in total. The van der Waals surface area contributed by atoms with Gasteiger partial charge in [0.25, 0.3) is 5.56 Å². The molecular formula is C29H31ClN2O3. The van der Waals surface area contributed by atoms with Crippen molar-refractivity contribution in [3.8, 4) is 22.9 Å². The molecule has 5 nitrogen and oxygen atoms in total. The van der Waals surface area contributed by atoms with E-state index in [0.29, 0.717) is 34.9 Å². The number of nitrogens with zero attached hydrogens (tertiary/aromatic N) is 2. The maximum Gasteiger partial charge on any atom is 0.261 e. The van der Waals surface area contributed by atoms with Gasteiger partial charge in [-0.15, -0.1) is 0 Å². The minimum Gasteiger partial charge on any atom is -0.497 e. The third-order valence-electron chi connectivity index (χ3n) is 6.11. The van der Waals surface area contributed by atoms with Crippen LogP contribution < -0.4 is 15.0 Å². The van der Waals surface area contributed by atoms with Crippen molar-refractivity contribution in [2.24, 2.45) is 0 Å². The second kappa shape index (κ2) is 11.4. The van der Waals surface area contributed by atoms with E-state index >= 15 is 0 Å². The molecule has 35 heavy (non-hydrogen) atoms. The van der Waals surface area contributed by atoms with Crippen LogP contribution in [0.4, 0.5) is 0 Å². The summed E-state index contributed by atoms with van der Waals surface area (Å²) in [5.41, 5.74) is 3.79. The van der Waals surface area contributed by atoms with Crippen LogP contribution in [0.25, 0.3) is 22.3 Å². The van der Waals surface area contributed by atoms with E-state index in [1.165, 1.54) is 0 Å². The van der Waals surface area contributed by atoms with Gasteiger partial charge in [-0.3, -0.25) is 9.36 Å². The van der Waals surface area contributed by atoms with Crippen LogP contribution in [-0.2, 0) is 6.54 Å². The number of hydrogen-bond donors (Lipinski definition) is 0. The normalized spacial score (nSPS) is 11.1. The number of rotatable bonds is 10. The van der Waals surface area contributed by atoms with E-state index in [0.717, 1.165) is 53.9 Å². The van der Waals surface area contributed by atoms with Crippen LogP contribution in [0.3, 0.4) is 0 Å². The van der Waals surface area contributed by atoms with Gasteiger partial charge in [-0.05, 0) is 80.3 Å². The summed E-state index contributed by atoms with van der Waals surface area (Å²) in [6.07, 6.45) is 3.81. The SMILES string of the molecule is COc1ccc(-c2nc3ccccc3c(=O)n2CCCCCCOc2c(C)cc(C)cc2Cl)cc1. The summed E-state index contributed by atoms with van der Waals surface area (Å²) in [6, 6.07) is 19.2. The van der Waals surface area contributed by atoms with E-state index in [-0.39, 0.29) is 5.56 Å². The lowest BCUT2D eigenvalue weighted by molar-refractivity contribution is 0.302. The molecule has 0 bridgehead atoms. The first kappa shape index (κ1) is 24.8. The first-order valence-corrected chi connectivity index (χ1v) is 12.4. The van der Waals surface area contributed by atoms with Crippen molar-refractivity contribution < 1.29 is 9.47 Å². The van der Waals surface area contributed by atoms with Crippen LogP contribution in [0, 0.1) is 13.8 Å². The number of hydrogen-bond acceptors (Lipinski definition) is 4. The first-order chi connectivity index (χ1) is 17.0. The van der Waals surface area contributed by atoms with Gasteiger partial charge in [0.2, 0.25) is 0 Å². The van der Waals surface area contributed by atoms with E-state index in [1.54, 1.807) is 11.7 Å². The molecule has 0 unspecified atom stereocenters. The van der Waals surface area contributed by atoms with Crippen LogP contribution in [0.2, 0.25) is 5.02 Å². The lowest BCUT2D eigenvalue weighted by atomic mass is 10.1. The maximum absolute atomic E-state index is 13.3.